The maximum atomic E-state index is 13.0. The third-order valence-corrected chi connectivity index (χ3v) is 4.65. The van der Waals surface area contributed by atoms with Crippen molar-refractivity contribution in [3.8, 4) is 11.3 Å². The highest BCUT2D eigenvalue weighted by Gasteiger charge is 2.33. The fourth-order valence-electron chi connectivity index (χ4n) is 2.50. The zero-order chi connectivity index (χ0) is 20.7. The van der Waals surface area contributed by atoms with E-state index in [0.717, 1.165) is 30.3 Å². The van der Waals surface area contributed by atoms with Gasteiger partial charge in [0.1, 0.15) is 4.88 Å². The molecule has 0 saturated heterocycles. The predicted octanol–water partition coefficient (Wildman–Crippen LogP) is 5.66. The lowest BCUT2D eigenvalue weighted by Gasteiger charge is -2.09. The molecule has 3 nitrogen and oxygen atoms in total. The van der Waals surface area contributed by atoms with E-state index in [0.29, 0.717) is 17.4 Å². The van der Waals surface area contributed by atoms with E-state index in [2.05, 4.69) is 4.98 Å². The van der Waals surface area contributed by atoms with Crippen LogP contribution < -0.4 is 5.73 Å². The molecule has 0 amide bonds. The van der Waals surface area contributed by atoms with Crippen molar-refractivity contribution in [3.63, 3.8) is 0 Å². The largest absolute Gasteiger partial charge is 0.416 e. The van der Waals surface area contributed by atoms with E-state index in [-0.39, 0.29) is 26.8 Å². The Balaban J connectivity index is 2.08. The summed E-state index contributed by atoms with van der Waals surface area (Å²) in [7, 11) is 0. The van der Waals surface area contributed by atoms with E-state index in [4.69, 9.17) is 5.73 Å². The van der Waals surface area contributed by atoms with Crippen LogP contribution in [0, 0.1) is 0 Å². The number of carbonyl (C=O) groups is 1. The second kappa shape index (κ2) is 6.93. The standard InChI is InChI=1S/C18H10F6N2OS/c19-17(20,21)11-5-1-3-9(7-11)13-15(28-16(25)26-13)14(27)10-4-2-6-12(8-10)18(22,23)24/h1-8H,(H2,25,26). The minimum absolute atomic E-state index is 0.0156. The summed E-state index contributed by atoms with van der Waals surface area (Å²) in [6, 6.07) is 7.86. The SMILES string of the molecule is Nc1nc(-c2cccc(C(F)(F)F)c2)c(C(=O)c2cccc(C(F)(F)F)c2)s1. The number of ketones is 1. The van der Waals surface area contributed by atoms with Crippen molar-refractivity contribution in [1.82, 2.24) is 4.98 Å². The second-order valence-corrected chi connectivity index (χ2v) is 6.75. The monoisotopic (exact) mass is 416 g/mol. The van der Waals surface area contributed by atoms with Crippen LogP contribution in [0.2, 0.25) is 0 Å². The zero-order valence-electron chi connectivity index (χ0n) is 13.7. The van der Waals surface area contributed by atoms with Crippen LogP contribution in [0.1, 0.15) is 26.4 Å². The average Bonchev–Trinajstić information content (AvgIpc) is 3.02. The molecule has 146 valence electrons. The number of aromatic nitrogens is 1. The topological polar surface area (TPSA) is 56.0 Å². The van der Waals surface area contributed by atoms with Gasteiger partial charge in [-0.3, -0.25) is 4.79 Å². The van der Waals surface area contributed by atoms with E-state index in [1.807, 2.05) is 0 Å². The summed E-state index contributed by atoms with van der Waals surface area (Å²) in [6.07, 6.45) is -9.25. The summed E-state index contributed by atoms with van der Waals surface area (Å²) in [5, 5.41) is -0.0947. The van der Waals surface area contributed by atoms with Crippen LogP contribution in [-0.4, -0.2) is 10.8 Å². The number of thiazole rings is 1. The van der Waals surface area contributed by atoms with Gasteiger partial charge in [-0.2, -0.15) is 26.3 Å². The lowest BCUT2D eigenvalue weighted by molar-refractivity contribution is -0.138. The summed E-state index contributed by atoms with van der Waals surface area (Å²) in [5.41, 5.74) is 3.24. The fourth-order valence-corrected chi connectivity index (χ4v) is 3.31. The molecule has 0 aliphatic carbocycles. The van der Waals surface area contributed by atoms with E-state index in [9.17, 15) is 31.1 Å². The number of rotatable bonds is 3. The summed E-state index contributed by atoms with van der Waals surface area (Å²) >= 11 is 0.693. The Bertz CT molecular complexity index is 1040. The first kappa shape index (κ1) is 19.9. The molecule has 28 heavy (non-hydrogen) atoms. The van der Waals surface area contributed by atoms with Gasteiger partial charge in [-0.25, -0.2) is 4.98 Å². The number of nitrogen functional groups attached to an aromatic ring is 1. The highest BCUT2D eigenvalue weighted by Crippen LogP contribution is 2.36. The minimum Gasteiger partial charge on any atom is -0.375 e. The maximum Gasteiger partial charge on any atom is 0.416 e. The van der Waals surface area contributed by atoms with Gasteiger partial charge in [0.25, 0.3) is 0 Å². The number of carbonyl (C=O) groups excluding carboxylic acids is 1. The molecule has 3 aromatic rings. The molecule has 0 saturated carbocycles. The second-order valence-electron chi connectivity index (χ2n) is 5.72. The highest BCUT2D eigenvalue weighted by molar-refractivity contribution is 7.18. The van der Waals surface area contributed by atoms with Gasteiger partial charge in [-0.15, -0.1) is 0 Å². The third kappa shape index (κ3) is 4.01. The van der Waals surface area contributed by atoms with Crippen LogP contribution >= 0.6 is 11.3 Å². The van der Waals surface area contributed by atoms with Crippen LogP contribution in [0.5, 0.6) is 0 Å². The first-order chi connectivity index (χ1) is 13.0. The summed E-state index contributed by atoms with van der Waals surface area (Å²) in [5.74, 6) is -0.812. The average molecular weight is 416 g/mol. The van der Waals surface area contributed by atoms with Crippen LogP contribution in [0.25, 0.3) is 11.3 Å². The van der Waals surface area contributed by atoms with E-state index < -0.39 is 29.3 Å². The normalized spacial score (nSPS) is 12.2. The number of anilines is 1. The zero-order valence-corrected chi connectivity index (χ0v) is 14.5. The van der Waals surface area contributed by atoms with Crippen molar-refractivity contribution in [2.24, 2.45) is 0 Å². The molecular formula is C18H10F6N2OS. The molecule has 0 unspecified atom stereocenters. The van der Waals surface area contributed by atoms with Crippen molar-refractivity contribution in [2.45, 2.75) is 12.4 Å². The van der Waals surface area contributed by atoms with Gasteiger partial charge in [-0.1, -0.05) is 35.6 Å². The van der Waals surface area contributed by atoms with Gasteiger partial charge in [0, 0.05) is 11.1 Å². The predicted molar refractivity (Wildman–Crippen MR) is 91.8 cm³/mol. The van der Waals surface area contributed by atoms with Crippen LogP contribution in [0.3, 0.4) is 0 Å². The lowest BCUT2D eigenvalue weighted by Crippen LogP contribution is -2.08. The molecule has 2 N–H and O–H groups in total. The number of hydrogen-bond acceptors (Lipinski definition) is 4. The van der Waals surface area contributed by atoms with Gasteiger partial charge in [-0.05, 0) is 24.3 Å². The Kier molecular flexibility index (Phi) is 4.92. The number of hydrogen-bond donors (Lipinski definition) is 1. The van der Waals surface area contributed by atoms with Crippen LogP contribution in [0.4, 0.5) is 31.5 Å². The number of benzene rings is 2. The molecule has 1 heterocycles. The summed E-state index contributed by atoms with van der Waals surface area (Å²) in [6.45, 7) is 0. The Hall–Kier alpha value is -2.88. The quantitative estimate of drug-likeness (QED) is 0.443. The molecule has 10 heteroatoms. The van der Waals surface area contributed by atoms with Gasteiger partial charge in [0.05, 0.1) is 16.8 Å². The first-order valence-corrected chi connectivity index (χ1v) is 8.44. The molecule has 0 aliphatic heterocycles. The van der Waals surface area contributed by atoms with Gasteiger partial charge in [0.15, 0.2) is 5.13 Å². The Morgan fingerprint density at radius 1 is 0.893 bits per heavy atom. The van der Waals surface area contributed by atoms with Crippen molar-refractivity contribution >= 4 is 22.3 Å². The lowest BCUT2D eigenvalue weighted by atomic mass is 10.0. The number of alkyl halides is 6. The molecule has 2 aromatic carbocycles. The smallest absolute Gasteiger partial charge is 0.375 e. The van der Waals surface area contributed by atoms with E-state index in [1.165, 1.54) is 12.1 Å². The van der Waals surface area contributed by atoms with Gasteiger partial charge >= 0.3 is 12.4 Å². The maximum absolute atomic E-state index is 13.0. The van der Waals surface area contributed by atoms with Crippen LogP contribution in [-0.2, 0) is 12.4 Å². The van der Waals surface area contributed by atoms with E-state index in [1.54, 1.807) is 0 Å². The van der Waals surface area contributed by atoms with Gasteiger partial charge < -0.3 is 5.73 Å². The Morgan fingerprint density at radius 2 is 1.46 bits per heavy atom. The van der Waals surface area contributed by atoms with Gasteiger partial charge in [0.2, 0.25) is 5.78 Å². The van der Waals surface area contributed by atoms with Crippen molar-refractivity contribution in [1.29, 1.82) is 0 Å². The number of nitrogens with two attached hydrogens (primary N) is 1. The van der Waals surface area contributed by atoms with Crippen molar-refractivity contribution < 1.29 is 31.1 Å². The molecule has 1 aromatic heterocycles. The summed E-state index contributed by atoms with van der Waals surface area (Å²) in [4.78, 5) is 16.5. The fraction of sp³-hybridized carbons (Fsp3) is 0.111. The van der Waals surface area contributed by atoms with Crippen LogP contribution in [0.15, 0.2) is 48.5 Å². The molecule has 0 spiro atoms. The summed E-state index contributed by atoms with van der Waals surface area (Å²) < 4.78 is 77.5. The Morgan fingerprint density at radius 3 is 2.07 bits per heavy atom. The third-order valence-electron chi connectivity index (χ3n) is 3.77. The Labute approximate surface area is 158 Å². The number of halogens is 6. The first-order valence-electron chi connectivity index (χ1n) is 7.62. The molecule has 0 fully saturated rings. The molecule has 0 aliphatic rings. The molecular weight excluding hydrogens is 406 g/mol. The highest BCUT2D eigenvalue weighted by atomic mass is 32.1. The van der Waals surface area contributed by atoms with Crippen molar-refractivity contribution in [3.05, 3.63) is 70.1 Å². The molecule has 0 atom stereocenters. The minimum atomic E-state index is -4.65. The molecule has 3 rings (SSSR count). The molecule has 0 bridgehead atoms. The molecule has 0 radical (unpaired) electrons. The van der Waals surface area contributed by atoms with E-state index >= 15 is 0 Å². The van der Waals surface area contributed by atoms with Crippen molar-refractivity contribution in [2.75, 3.05) is 5.73 Å². The number of nitrogens with zero attached hydrogens (tertiary/aromatic N) is 1.